The number of phosphoric acid groups is 1. The molecule has 8 heteroatoms. The lowest BCUT2D eigenvalue weighted by molar-refractivity contribution is -0.0440. The molecule has 2 aliphatic heterocycles. The molecule has 0 aromatic heterocycles. The predicted molar refractivity (Wildman–Crippen MR) is 88.5 cm³/mol. The van der Waals surface area contributed by atoms with E-state index in [0.717, 1.165) is 30.5 Å². The monoisotopic (exact) mass is 365 g/mol. The van der Waals surface area contributed by atoms with Gasteiger partial charge < -0.3 is 24.5 Å². The first kappa shape index (κ1) is 15.9. The Kier molecular flexibility index (Phi) is 3.09. The summed E-state index contributed by atoms with van der Waals surface area (Å²) in [4.78, 5) is 20.9. The number of benzene rings is 1. The molecule has 1 aromatic carbocycles. The Hall–Kier alpha value is -1.37. The second-order valence-electron chi connectivity index (χ2n) is 7.50. The number of piperidine rings is 1. The van der Waals surface area contributed by atoms with Crippen LogP contribution in [0.5, 0.6) is 11.5 Å². The van der Waals surface area contributed by atoms with Crippen LogP contribution < -0.4 is 4.74 Å². The molecule has 1 spiro atoms. The largest absolute Gasteiger partial charge is 0.504 e. The van der Waals surface area contributed by atoms with E-state index < -0.39 is 25.4 Å². The van der Waals surface area contributed by atoms with E-state index in [4.69, 9.17) is 9.26 Å². The number of aromatic hydroxyl groups is 1. The number of hydrogen-bond donors (Lipinski definition) is 3. The molecule has 3 N–H and O–H groups in total. The number of likely N-dealkylation sites (tertiary alicyclic amines) is 1. The van der Waals surface area contributed by atoms with Gasteiger partial charge in [0.05, 0.1) is 0 Å². The Morgan fingerprint density at radius 2 is 2.16 bits per heavy atom. The van der Waals surface area contributed by atoms with Crippen molar-refractivity contribution in [2.24, 2.45) is 5.92 Å². The van der Waals surface area contributed by atoms with E-state index >= 15 is 0 Å². The lowest BCUT2D eigenvalue weighted by Crippen LogP contribution is -2.65. The number of phenols is 1. The average molecular weight is 365 g/mol. The van der Waals surface area contributed by atoms with Crippen molar-refractivity contribution < 1.29 is 28.7 Å². The smallest absolute Gasteiger partial charge is 0.470 e. The molecule has 5 atom stereocenters. The minimum Gasteiger partial charge on any atom is -0.504 e. The van der Waals surface area contributed by atoms with Gasteiger partial charge in [-0.05, 0) is 38.1 Å². The van der Waals surface area contributed by atoms with Crippen molar-refractivity contribution in [2.45, 2.75) is 36.5 Å². The third-order valence-electron chi connectivity index (χ3n) is 6.39. The van der Waals surface area contributed by atoms with E-state index in [0.29, 0.717) is 11.8 Å². The van der Waals surface area contributed by atoms with Gasteiger partial charge in [0.1, 0.15) is 12.2 Å². The van der Waals surface area contributed by atoms with Crippen LogP contribution in [-0.4, -0.2) is 51.6 Å². The summed E-state index contributed by atoms with van der Waals surface area (Å²) in [6.07, 6.45) is 4.02. The molecule has 2 bridgehead atoms. The van der Waals surface area contributed by atoms with E-state index in [1.54, 1.807) is 12.1 Å². The van der Waals surface area contributed by atoms with Crippen LogP contribution in [0.2, 0.25) is 0 Å². The highest BCUT2D eigenvalue weighted by atomic mass is 31.2. The summed E-state index contributed by atoms with van der Waals surface area (Å²) in [5.41, 5.74) is 1.75. The first-order valence-corrected chi connectivity index (χ1v) is 9.99. The average Bonchev–Trinajstić information content (AvgIpc) is 2.88. The lowest BCUT2D eigenvalue weighted by Gasteiger charge is -2.56. The van der Waals surface area contributed by atoms with Crippen LogP contribution in [0.15, 0.2) is 24.3 Å². The van der Waals surface area contributed by atoms with E-state index in [1.807, 2.05) is 12.1 Å². The second-order valence-corrected chi connectivity index (χ2v) is 8.69. The Morgan fingerprint density at radius 3 is 2.92 bits per heavy atom. The summed E-state index contributed by atoms with van der Waals surface area (Å²) >= 11 is 0. The molecular formula is C17H20NO6P. The molecule has 0 unspecified atom stereocenters. The molecule has 0 amide bonds. The summed E-state index contributed by atoms with van der Waals surface area (Å²) in [7, 11) is -2.55. The molecular weight excluding hydrogens is 345 g/mol. The second kappa shape index (κ2) is 4.87. The van der Waals surface area contributed by atoms with E-state index in [1.165, 1.54) is 0 Å². The zero-order valence-corrected chi connectivity index (χ0v) is 14.6. The van der Waals surface area contributed by atoms with Gasteiger partial charge in [0, 0.05) is 22.9 Å². The molecule has 4 aliphatic rings. The Labute approximate surface area is 145 Å². The van der Waals surface area contributed by atoms with Gasteiger partial charge in [-0.25, -0.2) is 4.57 Å². The molecule has 0 saturated carbocycles. The third kappa shape index (κ3) is 1.99. The SMILES string of the molecule is CN1CC[C@]23c4c5ccc(O)c4O[C@H]2[C@@H](OP(=O)(O)O)C=C[C@H]3[C@H]1C5. The van der Waals surface area contributed by atoms with E-state index in [9.17, 15) is 19.5 Å². The van der Waals surface area contributed by atoms with Crippen molar-refractivity contribution in [3.8, 4) is 11.5 Å². The Bertz CT molecular complexity index is 835. The lowest BCUT2D eigenvalue weighted by atomic mass is 9.53. The van der Waals surface area contributed by atoms with Crippen LogP contribution in [0.4, 0.5) is 0 Å². The molecule has 2 heterocycles. The highest BCUT2D eigenvalue weighted by Crippen LogP contribution is 2.63. The van der Waals surface area contributed by atoms with Gasteiger partial charge in [-0.15, -0.1) is 0 Å². The van der Waals surface area contributed by atoms with Crippen molar-refractivity contribution >= 4 is 7.82 Å². The molecule has 7 nitrogen and oxygen atoms in total. The first-order chi connectivity index (χ1) is 11.8. The number of phenolic OH excluding ortho intramolecular Hbond substituents is 1. The normalized spacial score (nSPS) is 38.4. The Morgan fingerprint density at radius 1 is 1.36 bits per heavy atom. The molecule has 134 valence electrons. The van der Waals surface area contributed by atoms with Crippen molar-refractivity contribution in [1.82, 2.24) is 4.90 Å². The minimum absolute atomic E-state index is 0.0774. The van der Waals surface area contributed by atoms with Gasteiger partial charge in [0.2, 0.25) is 0 Å². The van der Waals surface area contributed by atoms with Crippen LogP contribution in [0.25, 0.3) is 0 Å². The summed E-state index contributed by atoms with van der Waals surface area (Å²) < 4.78 is 22.6. The maximum Gasteiger partial charge on any atom is 0.470 e. The predicted octanol–water partition coefficient (Wildman–Crippen LogP) is 1.32. The molecule has 1 fully saturated rings. The maximum atomic E-state index is 11.4. The van der Waals surface area contributed by atoms with Crippen LogP contribution in [-0.2, 0) is 20.9 Å². The van der Waals surface area contributed by atoms with Gasteiger partial charge in [0.15, 0.2) is 11.5 Å². The summed E-state index contributed by atoms with van der Waals surface area (Å²) in [5, 5.41) is 10.3. The number of likely N-dealkylation sites (N-methyl/N-ethyl adjacent to an activating group) is 1. The maximum absolute atomic E-state index is 11.4. The minimum atomic E-state index is -4.66. The number of nitrogens with zero attached hydrogens (tertiary/aromatic N) is 1. The molecule has 2 aliphatic carbocycles. The summed E-state index contributed by atoms with van der Waals surface area (Å²) in [6.45, 7) is 0.867. The van der Waals surface area contributed by atoms with Crippen LogP contribution in [0, 0.1) is 5.92 Å². The number of phosphoric ester groups is 1. The van der Waals surface area contributed by atoms with Gasteiger partial charge in [-0.3, -0.25) is 4.52 Å². The summed E-state index contributed by atoms with van der Waals surface area (Å²) in [6, 6.07) is 3.89. The van der Waals surface area contributed by atoms with Crippen molar-refractivity contribution in [1.29, 1.82) is 0 Å². The van der Waals surface area contributed by atoms with E-state index in [2.05, 4.69) is 11.9 Å². The van der Waals surface area contributed by atoms with Crippen LogP contribution >= 0.6 is 7.82 Å². The van der Waals surface area contributed by atoms with Gasteiger partial charge in [0.25, 0.3) is 0 Å². The molecule has 25 heavy (non-hydrogen) atoms. The number of ether oxygens (including phenoxy) is 1. The highest BCUT2D eigenvalue weighted by Gasteiger charge is 2.65. The standard InChI is InChI=1S/C17H20NO6P/c1-18-7-6-17-10-3-5-13(24-25(20,21)22)16(17)23-15-12(19)4-2-9(14(15)17)8-11(10)18/h2-5,10-11,13,16,19H,6-8H2,1H3,(H2,20,21,22)/t10-,11+,13-,16-,17-/m0/s1. The topological polar surface area (TPSA) is 99.5 Å². The van der Waals surface area contributed by atoms with Crippen molar-refractivity contribution in [2.75, 3.05) is 13.6 Å². The van der Waals surface area contributed by atoms with Gasteiger partial charge >= 0.3 is 7.82 Å². The number of rotatable bonds is 2. The molecule has 5 rings (SSSR count). The van der Waals surface area contributed by atoms with E-state index in [-0.39, 0.29) is 11.7 Å². The number of hydrogen-bond acceptors (Lipinski definition) is 5. The van der Waals surface area contributed by atoms with Crippen molar-refractivity contribution in [3.63, 3.8) is 0 Å². The fourth-order valence-electron chi connectivity index (χ4n) is 5.47. The highest BCUT2D eigenvalue weighted by molar-refractivity contribution is 7.46. The van der Waals surface area contributed by atoms with Crippen LogP contribution in [0.1, 0.15) is 17.5 Å². The zero-order valence-electron chi connectivity index (χ0n) is 13.7. The van der Waals surface area contributed by atoms with Crippen molar-refractivity contribution in [3.05, 3.63) is 35.4 Å². The van der Waals surface area contributed by atoms with Gasteiger partial charge in [-0.1, -0.05) is 18.2 Å². The quantitative estimate of drug-likeness (QED) is 0.537. The first-order valence-electron chi connectivity index (χ1n) is 8.46. The zero-order chi connectivity index (χ0) is 17.6. The Balaban J connectivity index is 1.72. The fraction of sp³-hybridized carbons (Fsp3) is 0.529. The summed E-state index contributed by atoms with van der Waals surface area (Å²) in [5.74, 6) is 0.704. The molecule has 0 radical (unpaired) electrons. The molecule has 1 saturated heterocycles. The molecule has 1 aromatic rings. The fourth-order valence-corrected chi connectivity index (χ4v) is 5.97. The van der Waals surface area contributed by atoms with Crippen LogP contribution in [0.3, 0.4) is 0 Å². The van der Waals surface area contributed by atoms with Gasteiger partial charge in [-0.2, -0.15) is 0 Å². The third-order valence-corrected chi connectivity index (χ3v) is 6.91.